The molecular weight excluding hydrogens is 362 g/mol. The number of hydrogen-bond acceptors (Lipinski definition) is 6. The van der Waals surface area contributed by atoms with Crippen LogP contribution < -0.4 is 10.1 Å². The Balaban J connectivity index is 1.81. The topological polar surface area (TPSA) is 81.4 Å². The Labute approximate surface area is 159 Å². The summed E-state index contributed by atoms with van der Waals surface area (Å²) >= 11 is 1.27. The number of nitrogens with one attached hydrogen (secondary N) is 1. The number of anilines is 1. The number of nitrogens with zero attached hydrogens (tertiary/aromatic N) is 4. The second-order valence-electron chi connectivity index (χ2n) is 6.67. The van der Waals surface area contributed by atoms with Crippen LogP contribution >= 0.6 is 11.3 Å². The first kappa shape index (κ1) is 17.1. The van der Waals surface area contributed by atoms with Gasteiger partial charge in [-0.2, -0.15) is 0 Å². The predicted octanol–water partition coefficient (Wildman–Crippen LogP) is 4.39. The van der Waals surface area contributed by atoms with Crippen LogP contribution in [0.4, 0.5) is 10.9 Å². The van der Waals surface area contributed by atoms with Crippen molar-refractivity contribution in [3.05, 3.63) is 64.5 Å². The van der Waals surface area contributed by atoms with Crippen molar-refractivity contribution < 1.29 is 9.53 Å². The van der Waals surface area contributed by atoms with Crippen LogP contribution in [0.2, 0.25) is 0 Å². The molecule has 0 radical (unpaired) electrons. The third kappa shape index (κ3) is 2.92. The second kappa shape index (κ2) is 6.45. The number of amides is 1. The summed E-state index contributed by atoms with van der Waals surface area (Å²) in [5, 5.41) is 10.9. The fraction of sp³-hybridized carbons (Fsp3) is 0.211. The Bertz CT molecular complexity index is 1060. The van der Waals surface area contributed by atoms with E-state index in [4.69, 9.17) is 11.3 Å². The van der Waals surface area contributed by atoms with Crippen molar-refractivity contribution in [2.24, 2.45) is 5.41 Å². The van der Waals surface area contributed by atoms with E-state index >= 15 is 0 Å². The monoisotopic (exact) mass is 377 g/mol. The van der Waals surface area contributed by atoms with Gasteiger partial charge < -0.3 is 14.9 Å². The molecule has 0 bridgehead atoms. The number of aromatic nitrogens is 3. The van der Waals surface area contributed by atoms with Gasteiger partial charge in [0, 0.05) is 17.0 Å². The lowest BCUT2D eigenvalue weighted by molar-refractivity contribution is -0.124. The third-order valence-electron chi connectivity index (χ3n) is 4.62. The number of benzene rings is 1. The first-order valence-electron chi connectivity index (χ1n) is 8.23. The van der Waals surface area contributed by atoms with Gasteiger partial charge in [-0.05, 0) is 12.1 Å². The van der Waals surface area contributed by atoms with E-state index in [-0.39, 0.29) is 17.6 Å². The minimum Gasteiger partial charge on any atom is -0.421 e. The van der Waals surface area contributed by atoms with E-state index in [0.29, 0.717) is 16.8 Å². The average molecular weight is 377 g/mol. The Morgan fingerprint density at radius 3 is 2.81 bits per heavy atom. The van der Waals surface area contributed by atoms with E-state index in [1.807, 2.05) is 44.2 Å². The molecule has 4 rings (SSSR count). The Kier molecular flexibility index (Phi) is 4.09. The summed E-state index contributed by atoms with van der Waals surface area (Å²) in [6.45, 7) is 10.9. The van der Waals surface area contributed by atoms with Gasteiger partial charge in [0.15, 0.2) is 0 Å². The number of ether oxygens (including phenoxy) is 1. The fourth-order valence-electron chi connectivity index (χ4n) is 3.28. The van der Waals surface area contributed by atoms with Crippen LogP contribution in [0.25, 0.3) is 4.85 Å². The van der Waals surface area contributed by atoms with Gasteiger partial charge in [0.1, 0.15) is 11.3 Å². The fourth-order valence-corrected chi connectivity index (χ4v) is 3.72. The quantitative estimate of drug-likeness (QED) is 0.685. The van der Waals surface area contributed by atoms with Crippen LogP contribution in [-0.2, 0) is 4.79 Å². The third-order valence-corrected chi connectivity index (χ3v) is 5.23. The van der Waals surface area contributed by atoms with Crippen LogP contribution in [0.1, 0.15) is 30.9 Å². The normalized spacial score (nSPS) is 15.1. The maximum absolute atomic E-state index is 13.1. The molecule has 27 heavy (non-hydrogen) atoms. The van der Waals surface area contributed by atoms with Crippen molar-refractivity contribution in [3.8, 4) is 11.6 Å². The van der Waals surface area contributed by atoms with E-state index in [2.05, 4.69) is 25.3 Å². The van der Waals surface area contributed by atoms with Gasteiger partial charge in [-0.15, -0.1) is 10.2 Å². The smallest absolute Gasteiger partial charge is 0.318 e. The van der Waals surface area contributed by atoms with E-state index in [1.54, 1.807) is 11.6 Å². The minimum atomic E-state index is -0.832. The average Bonchev–Trinajstić information content (AvgIpc) is 3.18. The Morgan fingerprint density at radius 1 is 1.26 bits per heavy atom. The van der Waals surface area contributed by atoms with Gasteiger partial charge in [0.05, 0.1) is 5.41 Å². The maximum atomic E-state index is 13.1. The van der Waals surface area contributed by atoms with Crippen molar-refractivity contribution in [3.63, 3.8) is 0 Å². The molecule has 3 aromatic rings. The zero-order valence-corrected chi connectivity index (χ0v) is 15.4. The lowest BCUT2D eigenvalue weighted by atomic mass is 9.70. The molecule has 0 unspecified atom stereocenters. The van der Waals surface area contributed by atoms with E-state index in [9.17, 15) is 4.79 Å². The number of carbonyl (C=O) groups is 1. The van der Waals surface area contributed by atoms with Crippen LogP contribution in [0, 0.1) is 12.0 Å². The summed E-state index contributed by atoms with van der Waals surface area (Å²) in [4.78, 5) is 20.8. The van der Waals surface area contributed by atoms with Crippen LogP contribution in [0.15, 0.2) is 41.9 Å². The molecule has 8 heteroatoms. The molecule has 0 spiro atoms. The molecule has 134 valence electrons. The molecule has 1 aliphatic rings. The Hall–Kier alpha value is -3.31. The zero-order chi connectivity index (χ0) is 19.0. The van der Waals surface area contributed by atoms with Crippen molar-refractivity contribution >= 4 is 28.2 Å². The molecule has 7 nitrogen and oxygen atoms in total. The van der Waals surface area contributed by atoms with Crippen molar-refractivity contribution in [2.45, 2.75) is 19.8 Å². The maximum Gasteiger partial charge on any atom is 0.318 e. The molecule has 0 saturated heterocycles. The standard InChI is InChI=1S/C19H15N5O2S/c1-19(2,17(25)23-18-24-21-10-27-18)15-11-6-4-5-7-13(11)26-16-12(15)8-9-14(20-3)22-16/h4-10,15H,1-2H3,(H,23,24,25)/t15-/m0/s1. The first-order valence-corrected chi connectivity index (χ1v) is 9.11. The van der Waals surface area contributed by atoms with Crippen molar-refractivity contribution in [2.75, 3.05) is 5.32 Å². The highest BCUT2D eigenvalue weighted by Gasteiger charge is 2.45. The number of pyridine rings is 1. The molecule has 0 saturated carbocycles. The number of carbonyl (C=O) groups excluding carboxylic acids is 1. The summed E-state index contributed by atoms with van der Waals surface area (Å²) < 4.78 is 5.92. The van der Waals surface area contributed by atoms with E-state index in [1.165, 1.54) is 11.3 Å². The predicted molar refractivity (Wildman–Crippen MR) is 101 cm³/mol. The highest BCUT2D eigenvalue weighted by molar-refractivity contribution is 7.13. The number of para-hydroxylation sites is 1. The zero-order valence-electron chi connectivity index (χ0n) is 14.6. The highest BCUT2D eigenvalue weighted by Crippen LogP contribution is 2.51. The molecule has 1 aromatic carbocycles. The minimum absolute atomic E-state index is 0.179. The number of rotatable bonds is 3. The highest BCUT2D eigenvalue weighted by atomic mass is 32.1. The van der Waals surface area contributed by atoms with Crippen molar-refractivity contribution in [1.29, 1.82) is 0 Å². The van der Waals surface area contributed by atoms with Gasteiger partial charge in [0.25, 0.3) is 5.82 Å². The molecule has 1 atom stereocenters. The molecule has 1 N–H and O–H groups in total. The molecule has 2 aromatic heterocycles. The second-order valence-corrected chi connectivity index (χ2v) is 7.50. The molecule has 1 aliphatic heterocycles. The van der Waals surface area contributed by atoms with Crippen LogP contribution in [0.3, 0.4) is 0 Å². The summed E-state index contributed by atoms with van der Waals surface area (Å²) in [5.41, 5.74) is 2.41. The van der Waals surface area contributed by atoms with E-state index < -0.39 is 5.41 Å². The lowest BCUT2D eigenvalue weighted by Gasteiger charge is -2.36. The number of fused-ring (bicyclic) bond motifs is 2. The largest absolute Gasteiger partial charge is 0.421 e. The summed E-state index contributed by atoms with van der Waals surface area (Å²) in [7, 11) is 0. The van der Waals surface area contributed by atoms with Gasteiger partial charge >= 0.3 is 5.88 Å². The first-order chi connectivity index (χ1) is 13.0. The van der Waals surface area contributed by atoms with Gasteiger partial charge in [-0.1, -0.05) is 61.0 Å². The van der Waals surface area contributed by atoms with Crippen LogP contribution in [0.5, 0.6) is 11.6 Å². The molecule has 0 aliphatic carbocycles. The van der Waals surface area contributed by atoms with Gasteiger partial charge in [-0.25, -0.2) is 0 Å². The lowest BCUT2D eigenvalue weighted by Crippen LogP contribution is -2.38. The summed E-state index contributed by atoms with van der Waals surface area (Å²) in [5.74, 6) is 0.784. The summed E-state index contributed by atoms with van der Waals surface area (Å²) in [6, 6.07) is 11.0. The molecule has 1 amide bonds. The van der Waals surface area contributed by atoms with Crippen LogP contribution in [-0.4, -0.2) is 21.1 Å². The SMILES string of the molecule is [C-]#[N+]c1ccc2c(n1)Oc1ccccc1[C@@H]2C(C)(C)C(=O)Nc1nncs1. The number of hydrogen-bond donors (Lipinski definition) is 1. The van der Waals surface area contributed by atoms with E-state index in [0.717, 1.165) is 11.1 Å². The summed E-state index contributed by atoms with van der Waals surface area (Å²) in [6.07, 6.45) is 0. The van der Waals surface area contributed by atoms with Gasteiger partial charge in [-0.3, -0.25) is 4.79 Å². The molecular formula is C19H15N5O2S. The van der Waals surface area contributed by atoms with Gasteiger partial charge in [0.2, 0.25) is 11.0 Å². The Morgan fingerprint density at radius 2 is 2.07 bits per heavy atom. The molecule has 3 heterocycles. The van der Waals surface area contributed by atoms with Crippen molar-refractivity contribution in [1.82, 2.24) is 15.2 Å². The molecule has 0 fully saturated rings.